The molecule has 0 aliphatic carbocycles. The Bertz CT molecular complexity index is 1020. The lowest BCUT2D eigenvalue weighted by Crippen LogP contribution is -2.61. The molecule has 3 aliphatic heterocycles. The summed E-state index contributed by atoms with van der Waals surface area (Å²) in [6.45, 7) is 2.77. The SMILES string of the molecule is O=C(O)N1CCC=C(C2C=NC=CN2C2CN(c3ccc4ccccc4n3)C2)C1. The number of carbonyl (C=O) groups is 1. The molecule has 1 N–H and O–H groups in total. The summed E-state index contributed by atoms with van der Waals surface area (Å²) in [6, 6.07) is 12.7. The van der Waals surface area contributed by atoms with Crippen molar-refractivity contribution in [2.75, 3.05) is 31.1 Å². The van der Waals surface area contributed by atoms with Crippen LogP contribution in [0.2, 0.25) is 0 Å². The highest BCUT2D eigenvalue weighted by molar-refractivity contribution is 5.80. The van der Waals surface area contributed by atoms with Crippen LogP contribution >= 0.6 is 0 Å². The van der Waals surface area contributed by atoms with Gasteiger partial charge in [0, 0.05) is 50.2 Å². The van der Waals surface area contributed by atoms with E-state index < -0.39 is 6.09 Å². The Morgan fingerprint density at radius 3 is 2.86 bits per heavy atom. The van der Waals surface area contributed by atoms with Crippen molar-refractivity contribution >= 4 is 29.0 Å². The van der Waals surface area contributed by atoms with E-state index in [9.17, 15) is 9.90 Å². The third-order valence-corrected chi connectivity index (χ3v) is 5.89. The van der Waals surface area contributed by atoms with Gasteiger partial charge in [-0.3, -0.25) is 4.99 Å². The monoisotopic (exact) mass is 389 g/mol. The summed E-state index contributed by atoms with van der Waals surface area (Å²) in [4.78, 5) is 26.6. The molecule has 148 valence electrons. The number of hydrogen-bond acceptors (Lipinski definition) is 5. The van der Waals surface area contributed by atoms with Crippen molar-refractivity contribution in [3.8, 4) is 0 Å². The number of rotatable bonds is 3. The maximum Gasteiger partial charge on any atom is 0.407 e. The van der Waals surface area contributed by atoms with Gasteiger partial charge in [0.2, 0.25) is 0 Å². The fourth-order valence-corrected chi connectivity index (χ4v) is 4.26. The second kappa shape index (κ2) is 7.24. The lowest BCUT2D eigenvalue weighted by atomic mass is 9.97. The number of aromatic nitrogens is 1. The van der Waals surface area contributed by atoms with Gasteiger partial charge in [-0.2, -0.15) is 0 Å². The zero-order valence-electron chi connectivity index (χ0n) is 16.1. The lowest BCUT2D eigenvalue weighted by molar-refractivity contribution is 0.144. The summed E-state index contributed by atoms with van der Waals surface area (Å²) in [7, 11) is 0. The van der Waals surface area contributed by atoms with Crippen LogP contribution in [0.25, 0.3) is 10.9 Å². The van der Waals surface area contributed by atoms with Gasteiger partial charge < -0.3 is 19.8 Å². The number of hydrogen-bond donors (Lipinski definition) is 1. The van der Waals surface area contributed by atoms with E-state index in [1.807, 2.05) is 36.8 Å². The molecule has 7 heteroatoms. The molecule has 0 bridgehead atoms. The van der Waals surface area contributed by atoms with E-state index in [1.54, 1.807) is 0 Å². The van der Waals surface area contributed by atoms with Crippen molar-refractivity contribution in [1.82, 2.24) is 14.8 Å². The van der Waals surface area contributed by atoms with Gasteiger partial charge in [-0.15, -0.1) is 0 Å². The molecule has 1 amide bonds. The minimum absolute atomic E-state index is 0.0128. The molecular formula is C22H23N5O2. The largest absolute Gasteiger partial charge is 0.465 e. The Hall–Kier alpha value is -3.35. The summed E-state index contributed by atoms with van der Waals surface area (Å²) in [6.07, 6.45) is 7.83. The van der Waals surface area contributed by atoms with Gasteiger partial charge in [0.15, 0.2) is 0 Å². The number of para-hydroxylation sites is 1. The van der Waals surface area contributed by atoms with Gasteiger partial charge in [-0.05, 0) is 30.2 Å². The van der Waals surface area contributed by atoms with Crippen molar-refractivity contribution in [3.63, 3.8) is 0 Å². The number of anilines is 1. The van der Waals surface area contributed by atoms with Crippen LogP contribution in [0.15, 0.2) is 65.4 Å². The Balaban J connectivity index is 1.29. The Morgan fingerprint density at radius 1 is 1.14 bits per heavy atom. The highest BCUT2D eigenvalue weighted by atomic mass is 16.4. The van der Waals surface area contributed by atoms with Crippen molar-refractivity contribution in [1.29, 1.82) is 0 Å². The second-order valence-corrected chi connectivity index (χ2v) is 7.68. The van der Waals surface area contributed by atoms with E-state index in [0.29, 0.717) is 19.1 Å². The molecule has 1 atom stereocenters. The minimum Gasteiger partial charge on any atom is -0.465 e. The molecular weight excluding hydrogens is 366 g/mol. The highest BCUT2D eigenvalue weighted by Crippen LogP contribution is 2.28. The molecule has 0 radical (unpaired) electrons. The predicted molar refractivity (Wildman–Crippen MR) is 113 cm³/mol. The van der Waals surface area contributed by atoms with Crippen LogP contribution in [0.3, 0.4) is 0 Å². The van der Waals surface area contributed by atoms with Gasteiger partial charge in [0.05, 0.1) is 17.6 Å². The fourth-order valence-electron chi connectivity index (χ4n) is 4.26. The first-order chi connectivity index (χ1) is 14.2. The molecule has 29 heavy (non-hydrogen) atoms. The van der Waals surface area contributed by atoms with Crippen molar-refractivity contribution < 1.29 is 9.90 Å². The van der Waals surface area contributed by atoms with Gasteiger partial charge in [-0.1, -0.05) is 24.3 Å². The number of fused-ring (bicyclic) bond motifs is 1. The van der Waals surface area contributed by atoms with Gasteiger partial charge in [0.25, 0.3) is 0 Å². The molecule has 4 heterocycles. The Kier molecular flexibility index (Phi) is 4.42. The van der Waals surface area contributed by atoms with Crippen LogP contribution in [-0.4, -0.2) is 70.5 Å². The van der Waals surface area contributed by atoms with Gasteiger partial charge >= 0.3 is 6.09 Å². The van der Waals surface area contributed by atoms with Crippen LogP contribution in [0.5, 0.6) is 0 Å². The average Bonchev–Trinajstić information content (AvgIpc) is 2.73. The number of benzene rings is 1. The third kappa shape index (κ3) is 3.33. The first-order valence-electron chi connectivity index (χ1n) is 9.94. The molecule has 1 fully saturated rings. The summed E-state index contributed by atoms with van der Waals surface area (Å²) < 4.78 is 0. The van der Waals surface area contributed by atoms with E-state index in [-0.39, 0.29) is 6.04 Å². The smallest absolute Gasteiger partial charge is 0.407 e. The first-order valence-corrected chi connectivity index (χ1v) is 9.94. The predicted octanol–water partition coefficient (Wildman–Crippen LogP) is 2.96. The van der Waals surface area contributed by atoms with Crippen molar-refractivity contribution in [3.05, 3.63) is 60.4 Å². The molecule has 1 unspecified atom stereocenters. The second-order valence-electron chi connectivity index (χ2n) is 7.68. The molecule has 1 saturated heterocycles. The first kappa shape index (κ1) is 17.7. The van der Waals surface area contributed by atoms with E-state index in [2.05, 4.69) is 39.1 Å². The van der Waals surface area contributed by atoms with E-state index in [4.69, 9.17) is 4.98 Å². The molecule has 1 aromatic carbocycles. The zero-order valence-corrected chi connectivity index (χ0v) is 16.1. The number of amides is 1. The number of nitrogens with zero attached hydrogens (tertiary/aromatic N) is 5. The maximum absolute atomic E-state index is 11.4. The van der Waals surface area contributed by atoms with Crippen molar-refractivity contribution in [2.24, 2.45) is 4.99 Å². The Morgan fingerprint density at radius 2 is 2.00 bits per heavy atom. The van der Waals surface area contributed by atoms with Crippen LogP contribution in [0.4, 0.5) is 10.6 Å². The van der Waals surface area contributed by atoms with Crippen LogP contribution in [-0.2, 0) is 0 Å². The summed E-state index contributed by atoms with van der Waals surface area (Å²) in [5.74, 6) is 1.00. The lowest BCUT2D eigenvalue weighted by Gasteiger charge is -2.49. The van der Waals surface area contributed by atoms with E-state index >= 15 is 0 Å². The summed E-state index contributed by atoms with van der Waals surface area (Å²) in [5.41, 5.74) is 2.12. The molecule has 0 spiro atoms. The number of pyridine rings is 1. The minimum atomic E-state index is -0.859. The summed E-state index contributed by atoms with van der Waals surface area (Å²) in [5, 5.41) is 10.5. The van der Waals surface area contributed by atoms with Crippen molar-refractivity contribution in [2.45, 2.75) is 18.5 Å². The topological polar surface area (TPSA) is 72.3 Å². The number of carboxylic acid groups (broad SMARTS) is 1. The molecule has 2 aromatic rings. The maximum atomic E-state index is 11.4. The Labute approximate surface area is 169 Å². The number of aliphatic imine (C=N–C) groups is 1. The van der Waals surface area contributed by atoms with E-state index in [1.165, 1.54) is 4.90 Å². The van der Waals surface area contributed by atoms with Gasteiger partial charge in [0.1, 0.15) is 5.82 Å². The van der Waals surface area contributed by atoms with Crippen LogP contribution in [0.1, 0.15) is 6.42 Å². The molecule has 3 aliphatic rings. The normalized spacial score (nSPS) is 22.0. The third-order valence-electron chi connectivity index (χ3n) is 5.89. The zero-order chi connectivity index (χ0) is 19.8. The van der Waals surface area contributed by atoms with Gasteiger partial charge in [-0.25, -0.2) is 9.78 Å². The quantitative estimate of drug-likeness (QED) is 0.817. The molecule has 0 saturated carbocycles. The highest BCUT2D eigenvalue weighted by Gasteiger charge is 2.37. The molecule has 5 rings (SSSR count). The summed E-state index contributed by atoms with van der Waals surface area (Å²) >= 11 is 0. The molecule has 1 aromatic heterocycles. The van der Waals surface area contributed by atoms with E-state index in [0.717, 1.165) is 41.8 Å². The van der Waals surface area contributed by atoms with Crippen LogP contribution < -0.4 is 4.90 Å². The average molecular weight is 389 g/mol. The fraction of sp³-hybridized carbons (Fsp3) is 0.318. The molecule has 7 nitrogen and oxygen atoms in total. The standard InChI is InChI=1S/C22H23N5O2/c28-22(29)25-10-3-5-17(13-25)20-12-23-9-11-27(20)18-14-26(15-18)21-8-7-16-4-1-2-6-19(16)24-21/h1-2,4-9,11-12,18,20H,3,10,13-15H2,(H,28,29). The van der Waals surface area contributed by atoms with Crippen LogP contribution in [0, 0.1) is 0 Å².